The number of hydrogen-bond donors (Lipinski definition) is 0. The van der Waals surface area contributed by atoms with E-state index < -0.39 is 8.16 Å². The van der Waals surface area contributed by atoms with E-state index in [2.05, 4.69) is 84.3 Å². The van der Waals surface area contributed by atoms with Gasteiger partial charge >= 0.3 is 8.16 Å². The maximum atomic E-state index is 6.57. The van der Waals surface area contributed by atoms with E-state index in [-0.39, 0.29) is 0 Å². The quantitative estimate of drug-likeness (QED) is 0.484. The molecule has 0 aliphatic rings. The third-order valence-corrected chi connectivity index (χ3v) is 6.69. The average molecular weight is 371 g/mol. The highest BCUT2D eigenvalue weighted by Crippen LogP contribution is 2.41. The lowest BCUT2D eigenvalue weighted by Gasteiger charge is -2.26. The normalized spacial score (nSPS) is 12.1. The number of hydrogen-bond acceptors (Lipinski definition) is 3. The number of fused-ring (bicyclic) bond motifs is 3. The van der Waals surface area contributed by atoms with Gasteiger partial charge in [0.25, 0.3) is 0 Å². The fourth-order valence-corrected chi connectivity index (χ4v) is 5.57. The van der Waals surface area contributed by atoms with Crippen molar-refractivity contribution < 1.29 is 8.39 Å². The summed E-state index contributed by atoms with van der Waals surface area (Å²) in [6.45, 7) is 17.3. The Morgan fingerprint density at radius 2 is 1.08 bits per heavy atom. The Labute approximate surface area is 157 Å². The lowest BCUT2D eigenvalue weighted by Crippen LogP contribution is -2.34. The third-order valence-electron chi connectivity index (χ3n) is 4.71. The Morgan fingerprint density at radius 1 is 0.692 bits per heavy atom. The van der Waals surface area contributed by atoms with E-state index >= 15 is 0 Å². The fourth-order valence-electron chi connectivity index (χ4n) is 3.79. The molecule has 0 saturated heterocycles. The molecule has 1 heterocycles. The van der Waals surface area contributed by atoms with Crippen molar-refractivity contribution in [2.75, 3.05) is 4.67 Å². The second kappa shape index (κ2) is 7.13. The van der Waals surface area contributed by atoms with Crippen molar-refractivity contribution in [1.29, 1.82) is 0 Å². The Morgan fingerprint density at radius 3 is 1.42 bits per heavy atom. The molecule has 3 rings (SSSR count). The molecule has 0 radical (unpaired) electrons. The van der Waals surface area contributed by atoms with Gasteiger partial charge in [-0.25, -0.2) is 0 Å². The maximum Gasteiger partial charge on any atom is 0.310 e. The summed E-state index contributed by atoms with van der Waals surface area (Å²) in [7, 11) is -1.23. The molecule has 1 aromatic heterocycles. The summed E-state index contributed by atoms with van der Waals surface area (Å²) in [5.74, 6) is 0. The average Bonchev–Trinajstić information content (AvgIpc) is 2.65. The summed E-state index contributed by atoms with van der Waals surface area (Å²) in [5, 5.41) is 2.28. The van der Waals surface area contributed by atoms with Crippen LogP contribution in [0.15, 0.2) is 32.7 Å². The second-order valence-electron chi connectivity index (χ2n) is 7.90. The lowest BCUT2D eigenvalue weighted by atomic mass is 10.0. The molecule has 0 N–H and O–H groups in total. The van der Waals surface area contributed by atoms with E-state index in [1.807, 2.05) is 0 Å². The van der Waals surface area contributed by atoms with Crippen LogP contribution < -0.4 is 4.67 Å². The van der Waals surface area contributed by atoms with Gasteiger partial charge in [-0.3, -0.25) is 0 Å². The fraction of sp³-hybridized carbons (Fsp3) is 0.455. The number of rotatable bonds is 3. The molecule has 0 amide bonds. The van der Waals surface area contributed by atoms with Gasteiger partial charge in [-0.15, -0.1) is 0 Å². The zero-order valence-electron chi connectivity index (χ0n) is 17.2. The van der Waals surface area contributed by atoms with Crippen LogP contribution in [-0.2, 0) is 0 Å². The van der Waals surface area contributed by atoms with Crippen LogP contribution in [0.4, 0.5) is 0 Å². The van der Waals surface area contributed by atoms with Gasteiger partial charge in [0.1, 0.15) is 11.2 Å². The Bertz CT molecular complexity index is 924. The lowest BCUT2D eigenvalue weighted by molar-refractivity contribution is 0.569. The standard InChI is InChI=1S/C22H30NO2P/c1-13(2)23(14(3)4)26-24-21-17(7)9-15(5)11-19(21)20-12-16(6)10-18(8)22(20)25-26/h9-14H,1-8H3. The Kier molecular flexibility index (Phi) is 5.23. The molecule has 0 bridgehead atoms. The van der Waals surface area contributed by atoms with Crippen LogP contribution in [0.1, 0.15) is 49.9 Å². The molecule has 0 fully saturated rings. The first-order valence-electron chi connectivity index (χ1n) is 9.36. The van der Waals surface area contributed by atoms with E-state index in [1.54, 1.807) is 0 Å². The largest absolute Gasteiger partial charge is 0.408 e. The predicted octanol–water partition coefficient (Wildman–Crippen LogP) is 7.28. The summed E-state index contributed by atoms with van der Waals surface area (Å²) >= 11 is 0. The van der Waals surface area contributed by atoms with Crippen LogP contribution >= 0.6 is 8.16 Å². The molecule has 140 valence electrons. The molecule has 3 aromatic rings. The molecular weight excluding hydrogens is 341 g/mol. The van der Waals surface area contributed by atoms with E-state index in [0.29, 0.717) is 12.1 Å². The van der Waals surface area contributed by atoms with Gasteiger partial charge in [0, 0.05) is 22.9 Å². The molecule has 0 atom stereocenters. The molecule has 3 nitrogen and oxygen atoms in total. The summed E-state index contributed by atoms with van der Waals surface area (Å²) in [6, 6.07) is 9.49. The SMILES string of the molecule is Cc1cc(C)c2op(N(C(C)C)C(C)C)oc3c(C)cc(C)cc3c2c1. The van der Waals surface area contributed by atoms with Crippen molar-refractivity contribution in [3.8, 4) is 0 Å². The van der Waals surface area contributed by atoms with Crippen molar-refractivity contribution in [3.05, 3.63) is 46.5 Å². The summed E-state index contributed by atoms with van der Waals surface area (Å²) < 4.78 is 15.5. The van der Waals surface area contributed by atoms with Crippen molar-refractivity contribution in [2.45, 2.75) is 67.5 Å². The molecule has 2 aromatic carbocycles. The van der Waals surface area contributed by atoms with Crippen molar-refractivity contribution in [1.82, 2.24) is 0 Å². The summed E-state index contributed by atoms with van der Waals surface area (Å²) in [4.78, 5) is 0. The van der Waals surface area contributed by atoms with Crippen molar-refractivity contribution in [2.24, 2.45) is 0 Å². The molecule has 0 unspecified atom stereocenters. The predicted molar refractivity (Wildman–Crippen MR) is 114 cm³/mol. The molecule has 4 heteroatoms. The number of benzene rings is 2. The van der Waals surface area contributed by atoms with Crippen molar-refractivity contribution in [3.63, 3.8) is 0 Å². The molecule has 0 saturated carbocycles. The molecule has 0 aliphatic carbocycles. The molecular formula is C22H30NO2P. The smallest absolute Gasteiger partial charge is 0.310 e. The highest BCUT2D eigenvalue weighted by Gasteiger charge is 2.22. The van der Waals surface area contributed by atoms with Gasteiger partial charge < -0.3 is 8.39 Å². The van der Waals surface area contributed by atoms with E-state index in [0.717, 1.165) is 33.1 Å². The first-order valence-corrected chi connectivity index (χ1v) is 10.5. The van der Waals surface area contributed by atoms with E-state index in [1.165, 1.54) is 11.1 Å². The minimum atomic E-state index is -1.23. The monoisotopic (exact) mass is 371 g/mol. The van der Waals surface area contributed by atoms with Crippen LogP contribution in [0.5, 0.6) is 0 Å². The second-order valence-corrected chi connectivity index (χ2v) is 9.21. The van der Waals surface area contributed by atoms with Crippen LogP contribution in [0.25, 0.3) is 21.9 Å². The van der Waals surface area contributed by atoms with E-state index in [4.69, 9.17) is 8.39 Å². The highest BCUT2D eigenvalue weighted by molar-refractivity contribution is 7.39. The number of aryl methyl sites for hydroxylation is 4. The Balaban J connectivity index is 2.56. The van der Waals surface area contributed by atoms with Gasteiger partial charge in [0.05, 0.1) is 0 Å². The molecule has 0 spiro atoms. The minimum absolute atomic E-state index is 0.336. The van der Waals surface area contributed by atoms with Crippen LogP contribution in [0.3, 0.4) is 0 Å². The maximum absolute atomic E-state index is 6.57. The van der Waals surface area contributed by atoms with Crippen LogP contribution in [0.2, 0.25) is 0 Å². The van der Waals surface area contributed by atoms with Gasteiger partial charge in [-0.2, -0.15) is 4.67 Å². The minimum Gasteiger partial charge on any atom is -0.408 e. The first-order chi connectivity index (χ1) is 12.2. The third kappa shape index (κ3) is 3.43. The van der Waals surface area contributed by atoms with Gasteiger partial charge in [-0.05, 0) is 89.8 Å². The topological polar surface area (TPSA) is 29.5 Å². The Hall–Kier alpha value is -1.70. The molecule has 0 aliphatic heterocycles. The van der Waals surface area contributed by atoms with Crippen molar-refractivity contribution >= 4 is 30.1 Å². The zero-order valence-corrected chi connectivity index (χ0v) is 18.1. The zero-order chi connectivity index (χ0) is 19.2. The van der Waals surface area contributed by atoms with Gasteiger partial charge in [0.15, 0.2) is 0 Å². The van der Waals surface area contributed by atoms with Crippen LogP contribution in [0, 0.1) is 27.7 Å². The summed E-state index contributed by atoms with van der Waals surface area (Å²) in [5.41, 5.74) is 6.72. The number of nitrogens with zero attached hydrogens (tertiary/aromatic N) is 1. The highest BCUT2D eigenvalue weighted by atomic mass is 31.1. The van der Waals surface area contributed by atoms with E-state index in [9.17, 15) is 0 Å². The molecule has 26 heavy (non-hydrogen) atoms. The van der Waals surface area contributed by atoms with Crippen LogP contribution in [-0.4, -0.2) is 12.1 Å². The summed E-state index contributed by atoms with van der Waals surface area (Å²) in [6.07, 6.45) is 0. The van der Waals surface area contributed by atoms with Gasteiger partial charge in [0.2, 0.25) is 0 Å². The van der Waals surface area contributed by atoms with Gasteiger partial charge in [-0.1, -0.05) is 12.1 Å². The first kappa shape index (κ1) is 19.1.